The molecule has 7 heteroatoms. The minimum atomic E-state index is -0.270. The Kier molecular flexibility index (Phi) is 4.73. The molecule has 2 aliphatic rings. The molecule has 4 unspecified atom stereocenters. The van der Waals surface area contributed by atoms with Crippen molar-refractivity contribution in [2.75, 3.05) is 24.3 Å². The van der Waals surface area contributed by atoms with Gasteiger partial charge in [0.1, 0.15) is 10.8 Å². The summed E-state index contributed by atoms with van der Waals surface area (Å²) in [5, 5.41) is 15.4. The van der Waals surface area contributed by atoms with E-state index in [0.29, 0.717) is 11.9 Å². The van der Waals surface area contributed by atoms with Gasteiger partial charge in [0.25, 0.3) is 0 Å². The third-order valence-electron chi connectivity index (χ3n) is 8.05. The lowest BCUT2D eigenvalue weighted by Crippen LogP contribution is -2.43. The Balaban J connectivity index is 1.59. The van der Waals surface area contributed by atoms with Gasteiger partial charge in [-0.1, -0.05) is 49.4 Å². The number of aliphatic hydroxyl groups is 1. The van der Waals surface area contributed by atoms with Crippen LogP contribution >= 0.6 is 11.3 Å². The summed E-state index contributed by atoms with van der Waals surface area (Å²) < 4.78 is 1.14. The van der Waals surface area contributed by atoms with Crippen molar-refractivity contribution < 1.29 is 5.11 Å². The third kappa shape index (κ3) is 3.07. The van der Waals surface area contributed by atoms with E-state index in [1.807, 2.05) is 55.4 Å². The fourth-order valence-corrected chi connectivity index (χ4v) is 6.68. The van der Waals surface area contributed by atoms with Crippen LogP contribution in [0.4, 0.5) is 11.8 Å². The highest BCUT2D eigenvalue weighted by molar-refractivity contribution is 7.21. The van der Waals surface area contributed by atoms with Crippen molar-refractivity contribution in [1.29, 1.82) is 0 Å². The molecular weight excluding hydrogens is 442 g/mol. The van der Waals surface area contributed by atoms with E-state index in [1.54, 1.807) is 11.3 Å². The summed E-state index contributed by atoms with van der Waals surface area (Å²) in [6, 6.07) is 18.5. The lowest BCUT2D eigenvalue weighted by atomic mass is 9.84. The second kappa shape index (κ2) is 7.48. The van der Waals surface area contributed by atoms with Crippen molar-refractivity contribution in [3.05, 3.63) is 54.6 Å². The first-order valence-corrected chi connectivity index (χ1v) is 12.6. The zero-order valence-corrected chi connectivity index (χ0v) is 20.7. The molecule has 2 fully saturated rings. The summed E-state index contributed by atoms with van der Waals surface area (Å²) in [5.74, 6) is 1.77. The molecule has 0 aliphatic heterocycles. The molecule has 2 aromatic heterocycles. The fraction of sp³-hybridized carbons (Fsp3) is 0.370. The zero-order valence-electron chi connectivity index (χ0n) is 19.9. The largest absolute Gasteiger partial charge is 0.392 e. The first kappa shape index (κ1) is 21.5. The van der Waals surface area contributed by atoms with E-state index in [2.05, 4.69) is 37.4 Å². The number of aliphatic hydroxyl groups excluding tert-OH is 1. The van der Waals surface area contributed by atoms with Gasteiger partial charge in [0, 0.05) is 30.6 Å². The standard InChI is InChI=1S/C27H29N5OS/c1-26(15-14-17-22(33)27(17,26)2)31-23-20(24-28-18-12-8-9-13-19(18)34-24)21(16-10-6-5-7-11-16)29-25(30-23)32(3)4/h5-13,17,22,33H,14-15H2,1-4H3,(H,29,30,31). The molecule has 2 saturated carbocycles. The Morgan fingerprint density at radius 1 is 1.00 bits per heavy atom. The normalized spacial score (nSPS) is 27.6. The SMILES string of the molecule is CN(C)c1nc(NC2(C)CCC3C(O)C32C)c(-c2nc3ccccc3s2)c(-c2ccccc2)n1. The Labute approximate surface area is 203 Å². The number of aromatic nitrogens is 3. The lowest BCUT2D eigenvalue weighted by Gasteiger charge is -2.36. The molecule has 0 amide bonds. The smallest absolute Gasteiger partial charge is 0.227 e. The Morgan fingerprint density at radius 2 is 1.74 bits per heavy atom. The maximum atomic E-state index is 10.7. The Morgan fingerprint density at radius 3 is 2.41 bits per heavy atom. The van der Waals surface area contributed by atoms with Crippen LogP contribution in [-0.4, -0.2) is 45.8 Å². The van der Waals surface area contributed by atoms with Crippen molar-refractivity contribution >= 4 is 33.3 Å². The molecule has 174 valence electrons. The van der Waals surface area contributed by atoms with E-state index in [0.717, 1.165) is 50.7 Å². The third-order valence-corrected chi connectivity index (χ3v) is 9.10. The summed E-state index contributed by atoms with van der Waals surface area (Å²) in [6.07, 6.45) is 1.75. The van der Waals surface area contributed by atoms with Crippen LogP contribution in [0.3, 0.4) is 0 Å². The summed E-state index contributed by atoms with van der Waals surface area (Å²) in [5.41, 5.74) is 3.35. The Hall–Kier alpha value is -3.03. The summed E-state index contributed by atoms with van der Waals surface area (Å²) in [4.78, 5) is 16.9. The molecule has 2 aromatic carbocycles. The molecule has 4 atom stereocenters. The molecule has 4 aromatic rings. The van der Waals surface area contributed by atoms with Gasteiger partial charge in [-0.05, 0) is 37.8 Å². The van der Waals surface area contributed by atoms with Gasteiger partial charge in [0.15, 0.2) is 0 Å². The van der Waals surface area contributed by atoms with Crippen molar-refractivity contribution in [1.82, 2.24) is 15.0 Å². The Bertz CT molecular complexity index is 1350. The fourth-order valence-electron chi connectivity index (χ4n) is 5.67. The first-order valence-electron chi connectivity index (χ1n) is 11.8. The van der Waals surface area contributed by atoms with E-state index >= 15 is 0 Å². The number of thiazole rings is 1. The highest BCUT2D eigenvalue weighted by Gasteiger charge is 2.73. The van der Waals surface area contributed by atoms with Gasteiger partial charge in [-0.2, -0.15) is 4.98 Å². The van der Waals surface area contributed by atoms with Crippen molar-refractivity contribution in [3.63, 3.8) is 0 Å². The zero-order chi connectivity index (χ0) is 23.7. The molecule has 34 heavy (non-hydrogen) atoms. The van der Waals surface area contributed by atoms with Gasteiger partial charge in [-0.15, -0.1) is 11.3 Å². The number of para-hydroxylation sites is 1. The van der Waals surface area contributed by atoms with Gasteiger partial charge in [-0.25, -0.2) is 9.97 Å². The van der Waals surface area contributed by atoms with E-state index in [4.69, 9.17) is 15.0 Å². The molecule has 0 spiro atoms. The number of nitrogens with one attached hydrogen (secondary N) is 1. The number of rotatable bonds is 5. The highest BCUT2D eigenvalue weighted by atomic mass is 32.1. The maximum absolute atomic E-state index is 10.7. The molecule has 6 rings (SSSR count). The predicted octanol–water partition coefficient (Wildman–Crippen LogP) is 5.45. The van der Waals surface area contributed by atoms with E-state index in [1.165, 1.54) is 0 Å². The minimum Gasteiger partial charge on any atom is -0.392 e. The van der Waals surface area contributed by atoms with Crippen LogP contribution in [0.2, 0.25) is 0 Å². The quantitative estimate of drug-likeness (QED) is 0.403. The lowest BCUT2D eigenvalue weighted by molar-refractivity contribution is 0.172. The molecule has 0 bridgehead atoms. The topological polar surface area (TPSA) is 74.2 Å². The average molecular weight is 472 g/mol. The summed E-state index contributed by atoms with van der Waals surface area (Å²) >= 11 is 1.66. The number of hydrogen-bond donors (Lipinski definition) is 2. The van der Waals surface area contributed by atoms with Crippen molar-refractivity contribution in [3.8, 4) is 21.8 Å². The second-order valence-electron chi connectivity index (χ2n) is 10.2. The molecule has 2 N–H and O–H groups in total. The van der Waals surface area contributed by atoms with Crippen LogP contribution in [0, 0.1) is 11.3 Å². The molecule has 0 radical (unpaired) electrons. The van der Waals surface area contributed by atoms with Crippen molar-refractivity contribution in [2.45, 2.75) is 38.3 Å². The molecule has 6 nitrogen and oxygen atoms in total. The number of fused-ring (bicyclic) bond motifs is 2. The molecule has 2 heterocycles. The molecule has 2 aliphatic carbocycles. The van der Waals surface area contributed by atoms with Gasteiger partial charge in [0.2, 0.25) is 5.95 Å². The van der Waals surface area contributed by atoms with Crippen LogP contribution in [0.5, 0.6) is 0 Å². The van der Waals surface area contributed by atoms with Crippen LogP contribution in [0.1, 0.15) is 26.7 Å². The number of benzene rings is 2. The monoisotopic (exact) mass is 471 g/mol. The van der Waals surface area contributed by atoms with E-state index in [9.17, 15) is 5.11 Å². The van der Waals surface area contributed by atoms with Crippen LogP contribution < -0.4 is 10.2 Å². The highest BCUT2D eigenvalue weighted by Crippen LogP contribution is 2.68. The maximum Gasteiger partial charge on any atom is 0.227 e. The summed E-state index contributed by atoms with van der Waals surface area (Å²) in [6.45, 7) is 4.43. The predicted molar refractivity (Wildman–Crippen MR) is 139 cm³/mol. The summed E-state index contributed by atoms with van der Waals surface area (Å²) in [7, 11) is 3.93. The van der Waals surface area contributed by atoms with E-state index < -0.39 is 0 Å². The molecule has 0 saturated heterocycles. The van der Waals surface area contributed by atoms with Gasteiger partial charge < -0.3 is 15.3 Å². The van der Waals surface area contributed by atoms with Gasteiger partial charge >= 0.3 is 0 Å². The minimum absolute atomic E-state index is 0.159. The van der Waals surface area contributed by atoms with E-state index in [-0.39, 0.29) is 17.1 Å². The van der Waals surface area contributed by atoms with Gasteiger partial charge in [0.05, 0.1) is 27.6 Å². The van der Waals surface area contributed by atoms with Gasteiger partial charge in [-0.3, -0.25) is 0 Å². The second-order valence-corrected chi connectivity index (χ2v) is 11.2. The average Bonchev–Trinajstić information content (AvgIpc) is 3.12. The van der Waals surface area contributed by atoms with Crippen LogP contribution in [0.25, 0.3) is 32.0 Å². The number of anilines is 2. The van der Waals surface area contributed by atoms with Crippen LogP contribution in [-0.2, 0) is 0 Å². The van der Waals surface area contributed by atoms with Crippen LogP contribution in [0.15, 0.2) is 54.6 Å². The number of nitrogens with zero attached hydrogens (tertiary/aromatic N) is 4. The number of hydrogen-bond acceptors (Lipinski definition) is 7. The van der Waals surface area contributed by atoms with Crippen molar-refractivity contribution in [2.24, 2.45) is 11.3 Å². The first-order chi connectivity index (χ1) is 16.3. The molecular formula is C27H29N5OS.